The number of benzene rings is 2. The van der Waals surface area contributed by atoms with E-state index < -0.39 is 23.2 Å². The number of fused-ring (bicyclic) bond motifs is 1. The molecule has 1 aliphatic carbocycles. The lowest BCUT2D eigenvalue weighted by Gasteiger charge is -2.49. The number of hydrogen-bond donors (Lipinski definition) is 2. The average molecular weight is 443 g/mol. The van der Waals surface area contributed by atoms with Crippen LogP contribution in [0.25, 0.3) is 6.08 Å². The van der Waals surface area contributed by atoms with E-state index in [0.29, 0.717) is 17.7 Å². The summed E-state index contributed by atoms with van der Waals surface area (Å²) in [5, 5.41) is 6.57. The van der Waals surface area contributed by atoms with E-state index >= 15 is 8.78 Å². The minimum atomic E-state index is -2.98. The van der Waals surface area contributed by atoms with Gasteiger partial charge < -0.3 is 10.6 Å². The predicted octanol–water partition coefficient (Wildman–Crippen LogP) is 8.09. The monoisotopic (exact) mass is 442 g/mol. The minimum Gasteiger partial charge on any atom is -0.388 e. The molecule has 2 N–H and O–H groups in total. The molecule has 32 heavy (non-hydrogen) atoms. The SMILES string of the molecule is C=C/C=C\c1c(NC)cccc1NC1c2cc(F)cc(C)c2[C@H](CC)CC1(C)C(C)(F)F. The number of anilines is 2. The highest BCUT2D eigenvalue weighted by Gasteiger charge is 2.56. The summed E-state index contributed by atoms with van der Waals surface area (Å²) in [5.74, 6) is -3.43. The zero-order chi connectivity index (χ0) is 23.7. The smallest absolute Gasteiger partial charge is 0.252 e. The van der Waals surface area contributed by atoms with Gasteiger partial charge in [0.15, 0.2) is 0 Å². The molecule has 0 bridgehead atoms. The van der Waals surface area contributed by atoms with Crippen LogP contribution in [0.5, 0.6) is 0 Å². The van der Waals surface area contributed by atoms with E-state index in [2.05, 4.69) is 17.2 Å². The Labute approximate surface area is 189 Å². The second-order valence-electron chi connectivity index (χ2n) is 9.03. The standard InChI is InChI=1S/C27H33F3N2/c1-7-9-11-20-22(31-6)12-10-13-23(20)32-25-21-15-19(28)14-17(3)24(21)18(8-2)16-26(25,4)27(5,29)30/h7,9-15,18,25,31-32H,1,8,16H2,2-6H3/b11-9-/t18-,25?,26?/m1/s1. The maximum atomic E-state index is 15.2. The zero-order valence-electron chi connectivity index (χ0n) is 19.5. The van der Waals surface area contributed by atoms with Crippen LogP contribution in [0.15, 0.2) is 49.1 Å². The van der Waals surface area contributed by atoms with Crippen LogP contribution in [0.4, 0.5) is 24.5 Å². The molecule has 0 aromatic heterocycles. The fourth-order valence-corrected chi connectivity index (χ4v) is 5.08. The molecular weight excluding hydrogens is 409 g/mol. The van der Waals surface area contributed by atoms with Crippen molar-refractivity contribution in [2.75, 3.05) is 17.7 Å². The summed E-state index contributed by atoms with van der Waals surface area (Å²) in [6, 6.07) is 7.84. The second-order valence-corrected chi connectivity index (χ2v) is 9.03. The van der Waals surface area contributed by atoms with Crippen LogP contribution < -0.4 is 10.6 Å². The topological polar surface area (TPSA) is 24.1 Å². The lowest BCUT2D eigenvalue weighted by Crippen LogP contribution is -2.48. The van der Waals surface area contributed by atoms with E-state index in [0.717, 1.165) is 35.7 Å². The first kappa shape index (κ1) is 24.0. The van der Waals surface area contributed by atoms with Crippen LogP contribution in [0.3, 0.4) is 0 Å². The van der Waals surface area contributed by atoms with Crippen molar-refractivity contribution in [3.63, 3.8) is 0 Å². The molecule has 2 aromatic carbocycles. The van der Waals surface area contributed by atoms with E-state index in [-0.39, 0.29) is 5.92 Å². The molecule has 0 radical (unpaired) electrons. The maximum absolute atomic E-state index is 15.2. The Bertz CT molecular complexity index is 1020. The van der Waals surface area contributed by atoms with Crippen molar-refractivity contribution in [3.8, 4) is 0 Å². The molecular formula is C27H33F3N2. The number of halogens is 3. The Kier molecular flexibility index (Phi) is 6.77. The number of hydrogen-bond acceptors (Lipinski definition) is 2. The highest BCUT2D eigenvalue weighted by Crippen LogP contribution is 2.58. The molecule has 172 valence electrons. The summed E-state index contributed by atoms with van der Waals surface area (Å²) in [4.78, 5) is 0. The van der Waals surface area contributed by atoms with Gasteiger partial charge in [-0.15, -0.1) is 0 Å². The van der Waals surface area contributed by atoms with Crippen molar-refractivity contribution in [1.82, 2.24) is 0 Å². The molecule has 0 amide bonds. The molecule has 0 aliphatic heterocycles. The summed E-state index contributed by atoms with van der Waals surface area (Å²) in [5.41, 5.74) is 3.42. The molecule has 0 saturated carbocycles. The summed E-state index contributed by atoms with van der Waals surface area (Å²) < 4.78 is 45.0. The molecule has 5 heteroatoms. The number of nitrogens with one attached hydrogen (secondary N) is 2. The lowest BCUT2D eigenvalue weighted by atomic mass is 9.60. The number of allylic oxidation sites excluding steroid dienone is 2. The van der Waals surface area contributed by atoms with E-state index in [1.165, 1.54) is 12.1 Å². The number of aryl methyl sites for hydroxylation is 1. The van der Waals surface area contributed by atoms with Crippen LogP contribution in [-0.2, 0) is 0 Å². The van der Waals surface area contributed by atoms with Crippen LogP contribution >= 0.6 is 0 Å². The maximum Gasteiger partial charge on any atom is 0.252 e. The summed E-state index contributed by atoms with van der Waals surface area (Å²) in [6.45, 7) is 10.2. The van der Waals surface area contributed by atoms with Gasteiger partial charge in [-0.1, -0.05) is 44.7 Å². The molecule has 3 atom stereocenters. The molecule has 0 saturated heterocycles. The van der Waals surface area contributed by atoms with Gasteiger partial charge in [0.2, 0.25) is 0 Å². The fourth-order valence-electron chi connectivity index (χ4n) is 5.08. The average Bonchev–Trinajstić information content (AvgIpc) is 2.73. The quantitative estimate of drug-likeness (QED) is 0.423. The summed E-state index contributed by atoms with van der Waals surface area (Å²) >= 11 is 0. The van der Waals surface area contributed by atoms with Crippen molar-refractivity contribution in [1.29, 1.82) is 0 Å². The highest BCUT2D eigenvalue weighted by atomic mass is 19.3. The zero-order valence-corrected chi connectivity index (χ0v) is 19.5. The van der Waals surface area contributed by atoms with Crippen molar-refractivity contribution in [2.24, 2.45) is 5.41 Å². The predicted molar refractivity (Wildman–Crippen MR) is 129 cm³/mol. The summed E-state index contributed by atoms with van der Waals surface area (Å²) in [6.07, 6.45) is 6.40. The van der Waals surface area contributed by atoms with Gasteiger partial charge in [0.1, 0.15) is 5.82 Å². The number of rotatable bonds is 7. The van der Waals surface area contributed by atoms with Crippen molar-refractivity contribution >= 4 is 17.5 Å². The molecule has 0 fully saturated rings. The van der Waals surface area contributed by atoms with Crippen molar-refractivity contribution in [2.45, 2.75) is 58.4 Å². The Balaban J connectivity index is 2.26. The normalized spacial score (nSPS) is 23.1. The Hall–Kier alpha value is -2.69. The largest absolute Gasteiger partial charge is 0.388 e. The van der Waals surface area contributed by atoms with Crippen molar-refractivity contribution in [3.05, 3.63) is 77.1 Å². The molecule has 0 heterocycles. The Morgan fingerprint density at radius 2 is 1.94 bits per heavy atom. The first-order chi connectivity index (χ1) is 15.1. The molecule has 3 rings (SSSR count). The van der Waals surface area contributed by atoms with E-state index in [1.807, 2.05) is 45.2 Å². The molecule has 2 aromatic rings. The molecule has 1 aliphatic rings. The van der Waals surface area contributed by atoms with Crippen LogP contribution in [0.1, 0.15) is 67.8 Å². The Morgan fingerprint density at radius 1 is 1.25 bits per heavy atom. The third-order valence-electron chi connectivity index (χ3n) is 6.98. The van der Waals surface area contributed by atoms with E-state index in [9.17, 15) is 4.39 Å². The first-order valence-electron chi connectivity index (χ1n) is 11.1. The van der Waals surface area contributed by atoms with Gasteiger partial charge in [-0.2, -0.15) is 0 Å². The Morgan fingerprint density at radius 3 is 2.53 bits per heavy atom. The first-order valence-corrected chi connectivity index (χ1v) is 11.1. The van der Waals surface area contributed by atoms with Gasteiger partial charge in [-0.05, 0) is 73.6 Å². The van der Waals surface area contributed by atoms with Crippen LogP contribution in [0, 0.1) is 18.2 Å². The third-order valence-corrected chi connectivity index (χ3v) is 6.98. The van der Waals surface area contributed by atoms with E-state index in [1.54, 1.807) is 19.1 Å². The van der Waals surface area contributed by atoms with Gasteiger partial charge in [0, 0.05) is 24.0 Å². The third kappa shape index (κ3) is 4.17. The van der Waals surface area contributed by atoms with Gasteiger partial charge in [0.25, 0.3) is 5.92 Å². The van der Waals surface area contributed by atoms with E-state index in [4.69, 9.17) is 0 Å². The van der Waals surface area contributed by atoms with Crippen molar-refractivity contribution < 1.29 is 13.2 Å². The van der Waals surface area contributed by atoms with Gasteiger partial charge in [0.05, 0.1) is 11.5 Å². The van der Waals surface area contributed by atoms with Crippen LogP contribution in [-0.4, -0.2) is 13.0 Å². The highest BCUT2D eigenvalue weighted by molar-refractivity contribution is 5.79. The molecule has 0 spiro atoms. The molecule has 2 nitrogen and oxygen atoms in total. The second kappa shape index (κ2) is 9.05. The van der Waals surface area contributed by atoms with Gasteiger partial charge >= 0.3 is 0 Å². The lowest BCUT2D eigenvalue weighted by molar-refractivity contribution is -0.119. The number of alkyl halides is 2. The summed E-state index contributed by atoms with van der Waals surface area (Å²) in [7, 11) is 1.81. The van der Waals surface area contributed by atoms with Crippen LogP contribution in [0.2, 0.25) is 0 Å². The van der Waals surface area contributed by atoms with Gasteiger partial charge in [-0.25, -0.2) is 13.2 Å². The van der Waals surface area contributed by atoms with Gasteiger partial charge in [-0.3, -0.25) is 0 Å². The molecule has 2 unspecified atom stereocenters. The fraction of sp³-hybridized carbons (Fsp3) is 0.407. The minimum absolute atomic E-state index is 0.0525.